The molecule has 2 rings (SSSR count). The van der Waals surface area contributed by atoms with Crippen LogP contribution in [0, 0.1) is 10.1 Å². The molecule has 6 heteroatoms. The lowest BCUT2D eigenvalue weighted by molar-refractivity contribution is -0.385. The van der Waals surface area contributed by atoms with Crippen LogP contribution in [0.3, 0.4) is 0 Å². The minimum atomic E-state index is -0.387. The van der Waals surface area contributed by atoms with Crippen molar-refractivity contribution in [1.29, 1.82) is 0 Å². The third-order valence-corrected chi connectivity index (χ3v) is 2.97. The van der Waals surface area contributed by atoms with E-state index in [-0.39, 0.29) is 10.6 Å². The van der Waals surface area contributed by atoms with Gasteiger partial charge in [-0.15, -0.1) is 0 Å². The van der Waals surface area contributed by atoms with Crippen LogP contribution in [0.4, 0.5) is 5.69 Å². The summed E-state index contributed by atoms with van der Waals surface area (Å²) in [6.07, 6.45) is 0. The Labute approximate surface area is 105 Å². The number of hydrogen-bond donors (Lipinski definition) is 0. The summed E-state index contributed by atoms with van der Waals surface area (Å²) >= 11 is 0. The number of non-ortho nitro benzene ring substituents is 1. The van der Waals surface area contributed by atoms with Crippen LogP contribution in [-0.4, -0.2) is 43.2 Å². The molecule has 0 aromatic heterocycles. The maximum atomic E-state index is 10.8. The van der Waals surface area contributed by atoms with Gasteiger partial charge in [-0.1, -0.05) is 0 Å². The number of benzene rings is 1. The van der Waals surface area contributed by atoms with Crippen LogP contribution in [-0.2, 0) is 11.3 Å². The van der Waals surface area contributed by atoms with E-state index in [9.17, 15) is 10.1 Å². The highest BCUT2D eigenvalue weighted by Gasteiger charge is 2.16. The van der Waals surface area contributed by atoms with E-state index in [1.54, 1.807) is 19.2 Å². The Morgan fingerprint density at radius 1 is 1.44 bits per heavy atom. The Morgan fingerprint density at radius 2 is 2.17 bits per heavy atom. The van der Waals surface area contributed by atoms with Crippen molar-refractivity contribution in [3.05, 3.63) is 33.9 Å². The summed E-state index contributed by atoms with van der Waals surface area (Å²) in [4.78, 5) is 12.6. The number of morpholine rings is 1. The van der Waals surface area contributed by atoms with E-state index in [0.717, 1.165) is 18.7 Å². The van der Waals surface area contributed by atoms with Crippen molar-refractivity contribution in [2.75, 3.05) is 33.4 Å². The second kappa shape index (κ2) is 5.79. The van der Waals surface area contributed by atoms with Gasteiger partial charge in [0.05, 0.1) is 25.2 Å². The minimum Gasteiger partial charge on any atom is -0.496 e. The fourth-order valence-electron chi connectivity index (χ4n) is 2.00. The van der Waals surface area contributed by atoms with Crippen molar-refractivity contribution in [3.8, 4) is 5.75 Å². The van der Waals surface area contributed by atoms with Gasteiger partial charge in [0.25, 0.3) is 5.69 Å². The molecule has 1 aliphatic heterocycles. The average Bonchev–Trinajstić information content (AvgIpc) is 2.39. The second-order valence-corrected chi connectivity index (χ2v) is 4.14. The predicted octanol–water partition coefficient (Wildman–Crippen LogP) is 1.44. The maximum Gasteiger partial charge on any atom is 0.270 e. The quantitative estimate of drug-likeness (QED) is 0.599. The van der Waals surface area contributed by atoms with Gasteiger partial charge in [-0.2, -0.15) is 0 Å². The van der Waals surface area contributed by atoms with Crippen molar-refractivity contribution < 1.29 is 14.4 Å². The number of methoxy groups -OCH3 is 1. The smallest absolute Gasteiger partial charge is 0.270 e. The van der Waals surface area contributed by atoms with Crippen LogP contribution in [0.5, 0.6) is 5.75 Å². The van der Waals surface area contributed by atoms with Gasteiger partial charge in [-0.25, -0.2) is 0 Å². The molecule has 6 nitrogen and oxygen atoms in total. The van der Waals surface area contributed by atoms with E-state index in [1.165, 1.54) is 6.07 Å². The average molecular weight is 252 g/mol. The van der Waals surface area contributed by atoms with Gasteiger partial charge in [-0.05, 0) is 6.07 Å². The van der Waals surface area contributed by atoms with E-state index in [1.807, 2.05) is 0 Å². The van der Waals surface area contributed by atoms with Gasteiger partial charge in [0, 0.05) is 37.3 Å². The van der Waals surface area contributed by atoms with E-state index >= 15 is 0 Å². The summed E-state index contributed by atoms with van der Waals surface area (Å²) < 4.78 is 10.5. The van der Waals surface area contributed by atoms with E-state index in [0.29, 0.717) is 25.5 Å². The van der Waals surface area contributed by atoms with Crippen molar-refractivity contribution >= 4 is 5.69 Å². The summed E-state index contributed by atoms with van der Waals surface area (Å²) in [5.74, 6) is 0.687. The highest BCUT2D eigenvalue weighted by atomic mass is 16.6. The molecule has 0 saturated carbocycles. The molecule has 0 unspecified atom stereocenters. The van der Waals surface area contributed by atoms with Crippen LogP contribution in [0.2, 0.25) is 0 Å². The molecular formula is C12H16N2O4. The normalized spacial score (nSPS) is 16.5. The van der Waals surface area contributed by atoms with Gasteiger partial charge in [0.1, 0.15) is 5.75 Å². The second-order valence-electron chi connectivity index (χ2n) is 4.14. The zero-order chi connectivity index (χ0) is 13.0. The molecule has 1 aromatic rings. The van der Waals surface area contributed by atoms with Crippen LogP contribution < -0.4 is 4.74 Å². The Kier molecular flexibility index (Phi) is 4.11. The maximum absolute atomic E-state index is 10.8. The van der Waals surface area contributed by atoms with Gasteiger partial charge in [-0.3, -0.25) is 15.0 Å². The lowest BCUT2D eigenvalue weighted by Crippen LogP contribution is -2.35. The van der Waals surface area contributed by atoms with Gasteiger partial charge >= 0.3 is 0 Å². The first-order chi connectivity index (χ1) is 8.70. The molecule has 0 N–H and O–H groups in total. The topological polar surface area (TPSA) is 64.8 Å². The molecule has 1 heterocycles. The summed E-state index contributed by atoms with van der Waals surface area (Å²) in [6, 6.07) is 4.68. The van der Waals surface area contributed by atoms with Gasteiger partial charge in [0.2, 0.25) is 0 Å². The summed E-state index contributed by atoms with van der Waals surface area (Å²) in [6.45, 7) is 3.74. The minimum absolute atomic E-state index is 0.0964. The van der Waals surface area contributed by atoms with Crippen molar-refractivity contribution in [1.82, 2.24) is 4.90 Å². The third kappa shape index (κ3) is 2.96. The zero-order valence-electron chi connectivity index (χ0n) is 10.3. The molecule has 0 spiro atoms. The first-order valence-corrected chi connectivity index (χ1v) is 5.82. The van der Waals surface area contributed by atoms with Gasteiger partial charge in [0.15, 0.2) is 0 Å². The third-order valence-electron chi connectivity index (χ3n) is 2.97. The molecule has 1 aromatic carbocycles. The molecule has 0 bridgehead atoms. The van der Waals surface area contributed by atoms with E-state index in [2.05, 4.69) is 4.90 Å². The molecule has 18 heavy (non-hydrogen) atoms. The number of nitrogens with zero attached hydrogens (tertiary/aromatic N) is 2. The van der Waals surface area contributed by atoms with Crippen LogP contribution in [0.15, 0.2) is 18.2 Å². The molecule has 1 aliphatic rings. The number of ether oxygens (including phenoxy) is 2. The first kappa shape index (κ1) is 12.8. The van der Waals surface area contributed by atoms with E-state index < -0.39 is 0 Å². The van der Waals surface area contributed by atoms with Crippen LogP contribution >= 0.6 is 0 Å². The Morgan fingerprint density at radius 3 is 2.78 bits per heavy atom. The molecule has 0 radical (unpaired) electrons. The first-order valence-electron chi connectivity index (χ1n) is 5.82. The van der Waals surface area contributed by atoms with Crippen molar-refractivity contribution in [3.63, 3.8) is 0 Å². The van der Waals surface area contributed by atoms with Gasteiger partial charge < -0.3 is 9.47 Å². The van der Waals surface area contributed by atoms with Crippen molar-refractivity contribution in [2.24, 2.45) is 0 Å². The SMILES string of the molecule is COc1ccc([N+](=O)[O-])cc1CN1CCOCC1. The summed E-state index contributed by atoms with van der Waals surface area (Å²) in [5, 5.41) is 10.8. The standard InChI is InChI=1S/C12H16N2O4/c1-17-12-3-2-11(14(15)16)8-10(12)9-13-4-6-18-7-5-13/h2-3,8H,4-7,9H2,1H3. The monoisotopic (exact) mass is 252 g/mol. The molecule has 0 aliphatic carbocycles. The molecule has 1 fully saturated rings. The van der Waals surface area contributed by atoms with Crippen molar-refractivity contribution in [2.45, 2.75) is 6.54 Å². The largest absolute Gasteiger partial charge is 0.496 e. The molecular weight excluding hydrogens is 236 g/mol. The predicted molar refractivity (Wildman–Crippen MR) is 65.7 cm³/mol. The fourth-order valence-corrected chi connectivity index (χ4v) is 2.00. The van der Waals surface area contributed by atoms with E-state index in [4.69, 9.17) is 9.47 Å². The number of nitro groups is 1. The molecule has 98 valence electrons. The Balaban J connectivity index is 2.17. The fraction of sp³-hybridized carbons (Fsp3) is 0.500. The summed E-state index contributed by atoms with van der Waals surface area (Å²) in [5.41, 5.74) is 0.938. The Hall–Kier alpha value is -1.66. The molecule has 1 saturated heterocycles. The van der Waals surface area contributed by atoms with Crippen LogP contribution in [0.1, 0.15) is 5.56 Å². The lowest BCUT2D eigenvalue weighted by Gasteiger charge is -2.27. The number of nitro benzene ring substituents is 1. The summed E-state index contributed by atoms with van der Waals surface area (Å²) in [7, 11) is 1.57. The highest BCUT2D eigenvalue weighted by Crippen LogP contribution is 2.25. The lowest BCUT2D eigenvalue weighted by atomic mass is 10.1. The van der Waals surface area contributed by atoms with Crippen LogP contribution in [0.25, 0.3) is 0 Å². The zero-order valence-corrected chi connectivity index (χ0v) is 10.3. The Bertz CT molecular complexity index is 430. The molecule has 0 atom stereocenters. The number of hydrogen-bond acceptors (Lipinski definition) is 5. The highest BCUT2D eigenvalue weighted by molar-refractivity contribution is 5.43. The number of rotatable bonds is 4. The molecule has 0 amide bonds.